The SMILES string of the molecule is CC(C)(C)C(=O)N[C@@H](Cc1ccc(I)cc1)C(=O)OCc1ccccc1. The highest BCUT2D eigenvalue weighted by atomic mass is 127. The molecule has 0 aliphatic carbocycles. The summed E-state index contributed by atoms with van der Waals surface area (Å²) in [6.45, 7) is 5.65. The Kier molecular flexibility index (Phi) is 7.20. The molecule has 2 aromatic carbocycles. The predicted molar refractivity (Wildman–Crippen MR) is 110 cm³/mol. The van der Waals surface area contributed by atoms with E-state index in [4.69, 9.17) is 4.74 Å². The predicted octanol–water partition coefficient (Wildman–Crippen LogP) is 4.11. The van der Waals surface area contributed by atoms with Crippen molar-refractivity contribution >= 4 is 34.5 Å². The zero-order valence-electron chi connectivity index (χ0n) is 15.3. The monoisotopic (exact) mass is 465 g/mol. The van der Waals surface area contributed by atoms with Crippen molar-refractivity contribution < 1.29 is 14.3 Å². The Morgan fingerprint density at radius 3 is 2.19 bits per heavy atom. The lowest BCUT2D eigenvalue weighted by Gasteiger charge is -2.23. The van der Waals surface area contributed by atoms with Crippen LogP contribution < -0.4 is 5.32 Å². The number of esters is 1. The average molecular weight is 465 g/mol. The number of rotatable bonds is 6. The minimum Gasteiger partial charge on any atom is -0.459 e. The zero-order chi connectivity index (χ0) is 19.2. The molecular weight excluding hydrogens is 441 g/mol. The van der Waals surface area contributed by atoms with Crippen molar-refractivity contribution in [1.82, 2.24) is 5.32 Å². The number of hydrogen-bond acceptors (Lipinski definition) is 3. The molecule has 1 N–H and O–H groups in total. The molecule has 0 aliphatic rings. The molecule has 0 aliphatic heterocycles. The highest BCUT2D eigenvalue weighted by Crippen LogP contribution is 2.15. The Labute approximate surface area is 168 Å². The van der Waals surface area contributed by atoms with E-state index in [-0.39, 0.29) is 12.5 Å². The summed E-state index contributed by atoms with van der Waals surface area (Å²) in [5.74, 6) is -0.602. The van der Waals surface area contributed by atoms with E-state index in [9.17, 15) is 9.59 Å². The van der Waals surface area contributed by atoms with Crippen LogP contribution in [0.5, 0.6) is 0 Å². The summed E-state index contributed by atoms with van der Waals surface area (Å²) in [6, 6.07) is 16.7. The van der Waals surface area contributed by atoms with Gasteiger partial charge in [-0.25, -0.2) is 4.79 Å². The quantitative estimate of drug-likeness (QED) is 0.516. The average Bonchev–Trinajstić information content (AvgIpc) is 2.61. The Morgan fingerprint density at radius 1 is 1.00 bits per heavy atom. The van der Waals surface area contributed by atoms with E-state index in [2.05, 4.69) is 27.9 Å². The van der Waals surface area contributed by atoms with Gasteiger partial charge in [0.05, 0.1) is 0 Å². The van der Waals surface area contributed by atoms with Crippen molar-refractivity contribution in [2.45, 2.75) is 39.8 Å². The largest absolute Gasteiger partial charge is 0.459 e. The van der Waals surface area contributed by atoms with Crippen LogP contribution in [-0.2, 0) is 27.4 Å². The number of ether oxygens (including phenoxy) is 1. The second-order valence-electron chi connectivity index (χ2n) is 7.20. The third kappa shape index (κ3) is 6.44. The molecular formula is C21H24INO3. The van der Waals surface area contributed by atoms with Crippen molar-refractivity contribution in [1.29, 1.82) is 0 Å². The van der Waals surface area contributed by atoms with Crippen LogP contribution in [0.4, 0.5) is 0 Å². The molecule has 0 heterocycles. The molecule has 0 unspecified atom stereocenters. The molecule has 0 aromatic heterocycles. The first-order chi connectivity index (χ1) is 12.3. The molecule has 0 bridgehead atoms. The van der Waals surface area contributed by atoms with Gasteiger partial charge in [0, 0.05) is 15.4 Å². The standard InChI is InChI=1S/C21H24INO3/c1-21(2,3)20(25)23-18(13-15-9-11-17(22)12-10-15)19(24)26-14-16-7-5-4-6-8-16/h4-12,18H,13-14H2,1-3H3,(H,23,25)/t18-/m0/s1. The third-order valence-corrected chi connectivity index (χ3v) is 4.57. The smallest absolute Gasteiger partial charge is 0.329 e. The van der Waals surface area contributed by atoms with Crippen LogP contribution in [0.15, 0.2) is 54.6 Å². The molecule has 0 fully saturated rings. The number of nitrogens with one attached hydrogen (secondary N) is 1. The minimum absolute atomic E-state index is 0.176. The molecule has 26 heavy (non-hydrogen) atoms. The fraction of sp³-hybridized carbons (Fsp3) is 0.333. The maximum atomic E-state index is 12.6. The molecule has 1 amide bonds. The number of benzene rings is 2. The second kappa shape index (κ2) is 9.16. The van der Waals surface area contributed by atoms with Crippen LogP contribution in [0.1, 0.15) is 31.9 Å². The van der Waals surface area contributed by atoms with Gasteiger partial charge in [-0.3, -0.25) is 4.79 Å². The lowest BCUT2D eigenvalue weighted by Crippen LogP contribution is -2.47. The molecule has 0 saturated heterocycles. The van der Waals surface area contributed by atoms with Gasteiger partial charge in [-0.15, -0.1) is 0 Å². The molecule has 4 nitrogen and oxygen atoms in total. The maximum Gasteiger partial charge on any atom is 0.329 e. The van der Waals surface area contributed by atoms with E-state index >= 15 is 0 Å². The topological polar surface area (TPSA) is 55.4 Å². The van der Waals surface area contributed by atoms with Gasteiger partial charge in [0.1, 0.15) is 12.6 Å². The second-order valence-corrected chi connectivity index (χ2v) is 8.45. The Bertz CT molecular complexity index is 736. The zero-order valence-corrected chi connectivity index (χ0v) is 17.4. The van der Waals surface area contributed by atoms with Crippen LogP contribution in [0.25, 0.3) is 0 Å². The van der Waals surface area contributed by atoms with Gasteiger partial charge in [-0.1, -0.05) is 63.2 Å². The van der Waals surface area contributed by atoms with Crippen molar-refractivity contribution in [2.75, 3.05) is 0 Å². The molecule has 0 spiro atoms. The molecule has 2 aromatic rings. The summed E-state index contributed by atoms with van der Waals surface area (Å²) in [6.07, 6.45) is 0.395. The molecule has 1 atom stereocenters. The van der Waals surface area contributed by atoms with Gasteiger partial charge in [-0.05, 0) is 45.9 Å². The van der Waals surface area contributed by atoms with E-state index in [0.29, 0.717) is 6.42 Å². The van der Waals surface area contributed by atoms with E-state index < -0.39 is 17.4 Å². The number of hydrogen-bond donors (Lipinski definition) is 1. The highest BCUT2D eigenvalue weighted by Gasteiger charge is 2.28. The number of carbonyl (C=O) groups excluding carboxylic acids is 2. The van der Waals surface area contributed by atoms with Crippen molar-refractivity contribution in [3.05, 3.63) is 69.3 Å². The minimum atomic E-state index is -0.717. The molecule has 5 heteroatoms. The van der Waals surface area contributed by atoms with Crippen LogP contribution in [0.2, 0.25) is 0 Å². The molecule has 138 valence electrons. The maximum absolute atomic E-state index is 12.6. The molecule has 0 radical (unpaired) electrons. The van der Waals surface area contributed by atoms with Gasteiger partial charge in [0.2, 0.25) is 5.91 Å². The Hall–Kier alpha value is -1.89. The number of halogens is 1. The van der Waals surface area contributed by atoms with E-state index in [1.54, 1.807) is 0 Å². The summed E-state index contributed by atoms with van der Waals surface area (Å²) < 4.78 is 6.56. The first kappa shape index (κ1) is 20.4. The van der Waals surface area contributed by atoms with Crippen molar-refractivity contribution in [2.24, 2.45) is 5.41 Å². The van der Waals surface area contributed by atoms with Crippen LogP contribution in [0.3, 0.4) is 0 Å². The van der Waals surface area contributed by atoms with Crippen molar-refractivity contribution in [3.8, 4) is 0 Å². The fourth-order valence-corrected chi connectivity index (χ4v) is 2.61. The van der Waals surface area contributed by atoms with Gasteiger partial charge >= 0.3 is 5.97 Å². The lowest BCUT2D eigenvalue weighted by atomic mass is 9.94. The van der Waals surface area contributed by atoms with Gasteiger partial charge < -0.3 is 10.1 Å². The number of amides is 1. The van der Waals surface area contributed by atoms with Crippen molar-refractivity contribution in [3.63, 3.8) is 0 Å². The van der Waals surface area contributed by atoms with Gasteiger partial charge in [0.15, 0.2) is 0 Å². The first-order valence-corrected chi connectivity index (χ1v) is 9.59. The summed E-state index contributed by atoms with van der Waals surface area (Å²) in [5.41, 5.74) is 1.31. The fourth-order valence-electron chi connectivity index (χ4n) is 2.25. The highest BCUT2D eigenvalue weighted by molar-refractivity contribution is 14.1. The normalized spacial score (nSPS) is 12.3. The Balaban J connectivity index is 2.09. The molecule has 0 saturated carbocycles. The van der Waals surface area contributed by atoms with E-state index in [1.165, 1.54) is 0 Å². The molecule has 2 rings (SSSR count). The summed E-state index contributed by atoms with van der Waals surface area (Å²) in [5, 5.41) is 2.84. The van der Waals surface area contributed by atoms with Gasteiger partial charge in [-0.2, -0.15) is 0 Å². The summed E-state index contributed by atoms with van der Waals surface area (Å²) in [7, 11) is 0. The Morgan fingerprint density at radius 2 is 1.62 bits per heavy atom. The van der Waals surface area contributed by atoms with Gasteiger partial charge in [0.25, 0.3) is 0 Å². The summed E-state index contributed by atoms with van der Waals surface area (Å²) >= 11 is 2.23. The lowest BCUT2D eigenvalue weighted by molar-refractivity contribution is -0.150. The first-order valence-electron chi connectivity index (χ1n) is 8.51. The van der Waals surface area contributed by atoms with Crippen LogP contribution >= 0.6 is 22.6 Å². The summed E-state index contributed by atoms with van der Waals surface area (Å²) in [4.78, 5) is 25.0. The van der Waals surface area contributed by atoms with Crippen LogP contribution in [-0.4, -0.2) is 17.9 Å². The van der Waals surface area contributed by atoms with E-state index in [0.717, 1.165) is 14.7 Å². The number of carbonyl (C=O) groups is 2. The van der Waals surface area contributed by atoms with Crippen LogP contribution in [0, 0.1) is 8.99 Å². The van der Waals surface area contributed by atoms with E-state index in [1.807, 2.05) is 75.4 Å². The third-order valence-electron chi connectivity index (χ3n) is 3.85.